The predicted molar refractivity (Wildman–Crippen MR) is 484 cm³/mol. The fraction of sp³-hybridized carbons (Fsp3) is 0.787. The summed E-state index contributed by atoms with van der Waals surface area (Å²) >= 11 is 0. The first-order chi connectivity index (χ1) is 46.0. The SMILES string of the molecule is C.C.C.C.C.C.C.C.CC(C)CCC1=CCC(CC(C)C)=N1.CC(C)CCC1=CN=C(CC(C)C)C1.CC(C)CCC1=NC=C(CC(C)C)C1.CC(C)CCc1ccn(CC(C)C)n1.CC(C)CCc1cn(CC(C)C)cn1.CC(C)CCc1cn(CC(C)C)nn1.CC(C)CCc1cnn(CC(C)C)c1. The Labute approximate surface area is 664 Å². The van der Waals surface area contributed by atoms with E-state index in [1.54, 1.807) is 0 Å². The van der Waals surface area contributed by atoms with Gasteiger partial charge in [0.1, 0.15) is 0 Å². The lowest BCUT2D eigenvalue weighted by Crippen LogP contribution is -2.05. The molecule has 0 N–H and O–H groups in total. The van der Waals surface area contributed by atoms with E-state index in [9.17, 15) is 0 Å². The van der Waals surface area contributed by atoms with E-state index < -0.39 is 0 Å². The van der Waals surface area contributed by atoms with Gasteiger partial charge < -0.3 is 4.57 Å². The van der Waals surface area contributed by atoms with E-state index in [2.05, 4.69) is 298 Å². The fourth-order valence-corrected chi connectivity index (χ4v) is 11.0. The van der Waals surface area contributed by atoms with E-state index >= 15 is 0 Å². The highest BCUT2D eigenvalue weighted by atomic mass is 15.4. The zero-order chi connectivity index (χ0) is 73.9. The van der Waals surface area contributed by atoms with Crippen LogP contribution >= 0.6 is 0 Å². The molecule has 7 rings (SSSR count). The molecule has 0 atom stereocenters. The third-order valence-electron chi connectivity index (χ3n) is 16.4. The molecule has 0 fully saturated rings. The Morgan fingerprint density at radius 3 is 1.29 bits per heavy atom. The summed E-state index contributed by atoms with van der Waals surface area (Å²) in [5.74, 6) is 10.4. The molecular formula is C94H188N12. The van der Waals surface area contributed by atoms with E-state index in [1.165, 1.54) is 134 Å². The highest BCUT2D eigenvalue weighted by Crippen LogP contribution is 2.25. The van der Waals surface area contributed by atoms with Crippen molar-refractivity contribution in [1.29, 1.82) is 0 Å². The third-order valence-corrected chi connectivity index (χ3v) is 16.4. The molecule has 4 aromatic heterocycles. The lowest BCUT2D eigenvalue weighted by Gasteiger charge is -2.07. The quantitative estimate of drug-likeness (QED) is 0.0454. The molecule has 0 aromatic carbocycles. The molecule has 0 amide bonds. The van der Waals surface area contributed by atoms with Crippen molar-refractivity contribution in [2.75, 3.05) is 0 Å². The zero-order valence-corrected chi connectivity index (χ0v) is 69.2. The molecule has 0 bridgehead atoms. The van der Waals surface area contributed by atoms with Crippen LogP contribution < -0.4 is 0 Å². The molecule has 0 aliphatic carbocycles. The number of aliphatic imine (C=N–C) groups is 3. The van der Waals surface area contributed by atoms with Crippen molar-refractivity contribution in [2.24, 2.45) is 97.8 Å². The van der Waals surface area contributed by atoms with Crippen LogP contribution in [0.1, 0.15) is 379 Å². The Morgan fingerprint density at radius 1 is 0.358 bits per heavy atom. The number of nitrogens with zero attached hydrogens (tertiary/aromatic N) is 12. The van der Waals surface area contributed by atoms with Gasteiger partial charge in [-0.1, -0.05) is 265 Å². The van der Waals surface area contributed by atoms with Crippen molar-refractivity contribution in [3.05, 3.63) is 101 Å². The van der Waals surface area contributed by atoms with Gasteiger partial charge in [0.2, 0.25) is 0 Å². The molecular weight excluding hydrogens is 1300 g/mol. The minimum Gasteiger partial charge on any atom is -0.337 e. The van der Waals surface area contributed by atoms with Gasteiger partial charge in [0, 0.05) is 105 Å². The second-order valence-corrected chi connectivity index (χ2v) is 34.9. The molecule has 3 aliphatic rings. The minimum absolute atomic E-state index is 0. The maximum Gasteiger partial charge on any atom is 0.0949 e. The molecule has 624 valence electrons. The van der Waals surface area contributed by atoms with Crippen LogP contribution in [0.25, 0.3) is 0 Å². The zero-order valence-electron chi connectivity index (χ0n) is 69.2. The van der Waals surface area contributed by atoms with Crippen molar-refractivity contribution in [3.63, 3.8) is 0 Å². The van der Waals surface area contributed by atoms with Crippen LogP contribution in [0.15, 0.2) is 93.7 Å². The van der Waals surface area contributed by atoms with Crippen LogP contribution in [-0.2, 0) is 51.9 Å². The molecule has 12 nitrogen and oxygen atoms in total. The number of aromatic nitrogens is 9. The van der Waals surface area contributed by atoms with Gasteiger partial charge in [-0.3, -0.25) is 29.0 Å². The monoisotopic (exact) mass is 1490 g/mol. The molecule has 106 heavy (non-hydrogen) atoms. The summed E-state index contributed by atoms with van der Waals surface area (Å²) in [7, 11) is 0. The summed E-state index contributed by atoms with van der Waals surface area (Å²) in [5.41, 5.74) is 13.5. The summed E-state index contributed by atoms with van der Waals surface area (Å²) in [4.78, 5) is 18.1. The van der Waals surface area contributed by atoms with Crippen LogP contribution in [0.3, 0.4) is 0 Å². The molecule has 7 heterocycles. The van der Waals surface area contributed by atoms with Gasteiger partial charge in [-0.05, 0) is 215 Å². The number of imidazole rings is 1. The summed E-state index contributed by atoms with van der Waals surface area (Å²) < 4.78 is 8.25. The number of aryl methyl sites for hydroxylation is 4. The first-order valence-corrected chi connectivity index (χ1v) is 39.7. The summed E-state index contributed by atoms with van der Waals surface area (Å²) in [6, 6.07) is 2.14. The van der Waals surface area contributed by atoms with Gasteiger partial charge in [0.25, 0.3) is 0 Å². The van der Waals surface area contributed by atoms with E-state index in [1.807, 2.05) is 17.2 Å². The largest absolute Gasteiger partial charge is 0.337 e. The predicted octanol–water partition coefficient (Wildman–Crippen LogP) is 29.6. The number of hydrogen-bond donors (Lipinski definition) is 0. The first kappa shape index (κ1) is 117. The molecule has 4 aromatic rings. The highest BCUT2D eigenvalue weighted by molar-refractivity contribution is 5.90. The second kappa shape index (κ2) is 66.9. The minimum atomic E-state index is 0. The molecule has 0 saturated heterocycles. The Balaban J connectivity index is -0.000000174. The van der Waals surface area contributed by atoms with Crippen LogP contribution in [0, 0.1) is 82.9 Å². The Kier molecular flexibility index (Phi) is 73.7. The lowest BCUT2D eigenvalue weighted by atomic mass is 9.98. The van der Waals surface area contributed by atoms with Gasteiger partial charge in [-0.15, -0.1) is 5.10 Å². The molecule has 12 heteroatoms. The van der Waals surface area contributed by atoms with Gasteiger partial charge in [0.15, 0.2) is 0 Å². The molecule has 0 saturated carbocycles. The first-order valence-electron chi connectivity index (χ1n) is 39.7. The maximum absolute atomic E-state index is 4.68. The van der Waals surface area contributed by atoms with Crippen LogP contribution in [0.2, 0.25) is 0 Å². The van der Waals surface area contributed by atoms with Gasteiger partial charge in [0.05, 0.1) is 29.6 Å². The Hall–Kier alpha value is -5.00. The van der Waals surface area contributed by atoms with Crippen molar-refractivity contribution in [1.82, 2.24) is 44.1 Å². The smallest absolute Gasteiger partial charge is 0.0949 e. The maximum atomic E-state index is 4.68. The fourth-order valence-electron chi connectivity index (χ4n) is 11.0. The lowest BCUT2D eigenvalue weighted by molar-refractivity contribution is 0.472. The van der Waals surface area contributed by atoms with E-state index in [0.717, 1.165) is 136 Å². The second-order valence-electron chi connectivity index (χ2n) is 34.9. The van der Waals surface area contributed by atoms with Crippen LogP contribution in [-0.4, -0.2) is 61.2 Å². The summed E-state index contributed by atoms with van der Waals surface area (Å²) in [5, 5.41) is 17.1. The number of rotatable bonds is 35. The van der Waals surface area contributed by atoms with Gasteiger partial charge in [-0.2, -0.15) is 10.2 Å². The highest BCUT2D eigenvalue weighted by Gasteiger charge is 2.15. The van der Waals surface area contributed by atoms with Gasteiger partial charge >= 0.3 is 0 Å². The summed E-state index contributed by atoms with van der Waals surface area (Å²) in [6.45, 7) is 67.1. The molecule has 0 spiro atoms. The Morgan fingerprint density at radius 2 is 0.783 bits per heavy atom. The van der Waals surface area contributed by atoms with Crippen LogP contribution in [0.4, 0.5) is 0 Å². The van der Waals surface area contributed by atoms with Crippen molar-refractivity contribution in [2.45, 2.75) is 408 Å². The molecule has 3 aliphatic heterocycles. The third kappa shape index (κ3) is 64.9. The topological polar surface area (TPSA) is 121 Å². The van der Waals surface area contributed by atoms with E-state index in [-0.39, 0.29) is 59.4 Å². The van der Waals surface area contributed by atoms with Crippen molar-refractivity contribution >= 4 is 17.1 Å². The van der Waals surface area contributed by atoms with Crippen molar-refractivity contribution in [3.8, 4) is 0 Å². The van der Waals surface area contributed by atoms with Crippen molar-refractivity contribution < 1.29 is 0 Å². The normalized spacial score (nSPS) is 12.6. The van der Waals surface area contributed by atoms with Gasteiger partial charge in [-0.25, -0.2) is 4.98 Å². The standard InChI is InChI=1S/3C13H23N.3C12H22N2.C11H21N3.8CH4/c1-10(2)5-6-13-8-12(9-14-13)7-11(3)4;1-10(2)5-6-12-8-13(14-9-12)7-11(3)4;1-10(2)5-6-12-7-8-13(14-12)9-11(3)4;1-10(2)5-6-12-7-13-14(9-12)8-11(3)4;1-10(2)5-6-12-8-14(9-13-12)7-11(3)4;1-10(2)5-6-12-7-8-14(13-12)9-11(3)4;1-9(2)5-6-11-8-14(13-12-11)7-10(3)4;;;;;;;;/h2*9-11H,5-8H2,1-4H3;7,10-11H,5-6,8-9H2,1-4H3;7,9-11H,5-6,8H2,1-4H3;8-11H,5-7H2,1-4H3;7-8,10-11H,5-6,9H2,1-4H3;8-10H,5-7H2,1-4H3;8*1H4. The van der Waals surface area contributed by atoms with Crippen LogP contribution in [0.5, 0.6) is 0 Å². The Bertz CT molecular complexity index is 2540. The average molecular weight is 1490 g/mol. The number of hydrogen-bond acceptors (Lipinski definition) is 8. The van der Waals surface area contributed by atoms with E-state index in [4.69, 9.17) is 0 Å². The molecule has 0 radical (unpaired) electrons. The average Bonchev–Trinajstić information content (AvgIpc) is 1.84. The van der Waals surface area contributed by atoms with E-state index in [0.29, 0.717) is 23.7 Å². The molecule has 0 unspecified atom stereocenters. The summed E-state index contributed by atoms with van der Waals surface area (Å²) in [6.07, 6.45) is 42.7. The number of allylic oxidation sites excluding steroid dienone is 4.